The van der Waals surface area contributed by atoms with Gasteiger partial charge in [-0.1, -0.05) is 25.8 Å². The van der Waals surface area contributed by atoms with E-state index in [9.17, 15) is 0 Å². The molecule has 0 fully saturated rings. The zero-order valence-corrected chi connectivity index (χ0v) is 10.4. The number of pyridine rings is 1. The van der Waals surface area contributed by atoms with Crippen LogP contribution in [-0.4, -0.2) is 13.0 Å². The van der Waals surface area contributed by atoms with Gasteiger partial charge in [-0.05, 0) is 6.42 Å². The number of aryl methyl sites for hydroxylation is 1. The molecule has 16 heavy (non-hydrogen) atoms. The zero-order chi connectivity index (χ0) is 12.2. The molecular weight excluding hydrogens is 226 g/mol. The molecule has 1 heterocycles. The van der Waals surface area contributed by atoms with Crippen LogP contribution in [0, 0.1) is 0 Å². The molecule has 1 rings (SSSR count). The average Bonchev–Trinajstić information content (AvgIpc) is 2.25. The van der Waals surface area contributed by atoms with Crippen LogP contribution in [0.3, 0.4) is 0 Å². The Hall–Kier alpha value is -0.940. The van der Waals surface area contributed by atoms with E-state index in [-0.39, 0.29) is 0 Å². The lowest BCUT2D eigenvalue weighted by Gasteiger charge is -1.95. The Balaban J connectivity index is 0.000000487. The van der Waals surface area contributed by atoms with Gasteiger partial charge < -0.3 is 4.55 Å². The fraction of sp³-hybridized carbons (Fsp3) is 0.545. The monoisotopic (exact) mass is 245 g/mol. The van der Waals surface area contributed by atoms with Gasteiger partial charge in [0.05, 0.1) is 11.0 Å². The third-order valence-electron chi connectivity index (χ3n) is 2.05. The van der Waals surface area contributed by atoms with Gasteiger partial charge in [-0.25, -0.2) is 13.0 Å². The molecule has 5 heteroatoms. The van der Waals surface area contributed by atoms with Crippen LogP contribution in [0.25, 0.3) is 0 Å². The van der Waals surface area contributed by atoms with Gasteiger partial charge in [0, 0.05) is 18.6 Å². The van der Waals surface area contributed by atoms with Gasteiger partial charge >= 0.3 is 0 Å². The van der Waals surface area contributed by atoms with Gasteiger partial charge in [0.2, 0.25) is 0 Å². The number of unbranched alkanes of at least 4 members (excludes halogenated alkanes) is 3. The maximum atomic E-state index is 8.48. The predicted octanol–water partition coefficient (Wildman–Crippen LogP) is 1.28. The Morgan fingerprint density at radius 2 is 1.62 bits per heavy atom. The highest BCUT2D eigenvalue weighted by molar-refractivity contribution is 7.66. The lowest BCUT2D eigenvalue weighted by molar-refractivity contribution is -0.697. The van der Waals surface area contributed by atoms with Crippen molar-refractivity contribution in [3.8, 4) is 0 Å². The molecule has 0 N–H and O–H groups in total. The highest BCUT2D eigenvalue weighted by atomic mass is 32.2. The molecule has 0 aliphatic heterocycles. The van der Waals surface area contributed by atoms with Crippen LogP contribution in [-0.2, 0) is 17.5 Å². The standard InChI is InChI=1S/C11H18N.H2O3S/c1-2-3-4-6-9-12-10-7-5-8-11-12;1-4(2)3/h5,7-8,10-11H,2-4,6,9H2,1H3;4H,(H,1,2,3)/q+1;/p-1. The summed E-state index contributed by atoms with van der Waals surface area (Å²) in [6, 6.07) is 6.22. The van der Waals surface area contributed by atoms with Crippen molar-refractivity contribution >= 4 is 11.0 Å². The summed E-state index contributed by atoms with van der Waals surface area (Å²) in [6.45, 7) is 3.41. The van der Waals surface area contributed by atoms with E-state index < -0.39 is 11.0 Å². The number of hydrogen-bond acceptors (Lipinski definition) is 3. The van der Waals surface area contributed by atoms with Crippen molar-refractivity contribution in [1.29, 1.82) is 0 Å². The Morgan fingerprint density at radius 3 is 2.12 bits per heavy atom. The lowest BCUT2D eigenvalue weighted by atomic mass is 10.2. The average molecular weight is 245 g/mol. The predicted molar refractivity (Wildman–Crippen MR) is 61.9 cm³/mol. The molecule has 1 aromatic rings. The highest BCUT2D eigenvalue weighted by Crippen LogP contribution is 1.97. The molecule has 0 aromatic carbocycles. The molecule has 0 bridgehead atoms. The summed E-state index contributed by atoms with van der Waals surface area (Å²) in [6.07, 6.45) is 9.62. The summed E-state index contributed by atoms with van der Waals surface area (Å²) in [4.78, 5) is 0. The maximum Gasteiger partial charge on any atom is 0.168 e. The van der Waals surface area contributed by atoms with Crippen molar-refractivity contribution in [3.05, 3.63) is 30.6 Å². The molecule has 0 atom stereocenters. The molecule has 0 saturated heterocycles. The summed E-state index contributed by atoms with van der Waals surface area (Å²) in [5.41, 5.74) is 0. The van der Waals surface area contributed by atoms with E-state index in [2.05, 4.69) is 42.1 Å². The Bertz CT molecular complexity index is 317. The minimum absolute atomic E-state index is 1.17. The van der Waals surface area contributed by atoms with Crippen LogP contribution in [0.4, 0.5) is 0 Å². The molecule has 1 aromatic heterocycles. The van der Waals surface area contributed by atoms with Crippen molar-refractivity contribution in [2.24, 2.45) is 0 Å². The molecule has 0 unspecified atom stereocenters. The van der Waals surface area contributed by atoms with E-state index in [1.54, 1.807) is 0 Å². The lowest BCUT2D eigenvalue weighted by Crippen LogP contribution is -2.32. The molecule has 0 aliphatic carbocycles. The Kier molecular flexibility index (Phi) is 9.95. The van der Waals surface area contributed by atoms with Gasteiger partial charge in [-0.3, -0.25) is 0 Å². The summed E-state index contributed by atoms with van der Waals surface area (Å²) in [7, 11) is -3.37. The van der Waals surface area contributed by atoms with Gasteiger partial charge in [-0.2, -0.15) is 0 Å². The number of rotatable bonds is 5. The molecule has 0 spiro atoms. The van der Waals surface area contributed by atoms with Crippen LogP contribution >= 0.6 is 0 Å². The first kappa shape index (κ1) is 15.1. The second kappa shape index (κ2) is 10.6. The summed E-state index contributed by atoms with van der Waals surface area (Å²) in [5.74, 6) is 0. The largest absolute Gasteiger partial charge is 0.750 e. The Labute approximate surface area is 98.7 Å². The van der Waals surface area contributed by atoms with Gasteiger partial charge in [0.25, 0.3) is 0 Å². The van der Waals surface area contributed by atoms with Crippen molar-refractivity contribution in [3.63, 3.8) is 0 Å². The number of aromatic nitrogens is 1. The van der Waals surface area contributed by atoms with E-state index in [1.807, 2.05) is 0 Å². The second-order valence-corrected chi connectivity index (χ2v) is 3.84. The molecular formula is C11H19NO3S. The van der Waals surface area contributed by atoms with Crippen LogP contribution < -0.4 is 4.57 Å². The topological polar surface area (TPSA) is 61.1 Å². The van der Waals surface area contributed by atoms with E-state index >= 15 is 0 Å². The first-order valence-electron chi connectivity index (χ1n) is 5.42. The number of hydrogen-bond donors (Lipinski definition) is 1. The highest BCUT2D eigenvalue weighted by Gasteiger charge is 1.95. The molecule has 0 aliphatic rings. The summed E-state index contributed by atoms with van der Waals surface area (Å²) < 4.78 is 27.7. The van der Waals surface area contributed by atoms with Crippen molar-refractivity contribution < 1.29 is 17.5 Å². The van der Waals surface area contributed by atoms with E-state index in [0.29, 0.717) is 0 Å². The fourth-order valence-corrected chi connectivity index (χ4v) is 1.30. The molecule has 0 radical (unpaired) electrons. The smallest absolute Gasteiger partial charge is 0.168 e. The molecule has 92 valence electrons. The normalized spacial score (nSPS) is 9.69. The molecule has 0 amide bonds. The number of nitrogens with zero attached hydrogens (tertiary/aromatic N) is 1. The van der Waals surface area contributed by atoms with Crippen LogP contribution in [0.15, 0.2) is 30.6 Å². The van der Waals surface area contributed by atoms with Crippen molar-refractivity contribution in [2.45, 2.75) is 39.2 Å². The van der Waals surface area contributed by atoms with Crippen LogP contribution in [0.5, 0.6) is 0 Å². The second-order valence-electron chi connectivity index (χ2n) is 3.40. The molecule has 0 saturated carbocycles. The minimum Gasteiger partial charge on any atom is -0.750 e. The van der Waals surface area contributed by atoms with Crippen LogP contribution in [0.2, 0.25) is 0 Å². The van der Waals surface area contributed by atoms with Gasteiger partial charge in [-0.15, -0.1) is 0 Å². The van der Waals surface area contributed by atoms with Gasteiger partial charge in [0.15, 0.2) is 12.4 Å². The van der Waals surface area contributed by atoms with Gasteiger partial charge in [0.1, 0.15) is 6.54 Å². The van der Waals surface area contributed by atoms with E-state index in [1.165, 1.54) is 32.2 Å². The molecule has 4 nitrogen and oxygen atoms in total. The summed E-state index contributed by atoms with van der Waals surface area (Å²) >= 11 is 0. The minimum atomic E-state index is -3.37. The van der Waals surface area contributed by atoms with E-state index in [4.69, 9.17) is 13.0 Å². The fourth-order valence-electron chi connectivity index (χ4n) is 1.30. The van der Waals surface area contributed by atoms with E-state index in [0.717, 1.165) is 0 Å². The third kappa shape index (κ3) is 11.1. The maximum absolute atomic E-state index is 8.48. The zero-order valence-electron chi connectivity index (χ0n) is 9.54. The quantitative estimate of drug-likeness (QED) is 0.368. The summed E-state index contributed by atoms with van der Waals surface area (Å²) in [5, 5.41) is 0. The number of thiol groups is 1. The first-order chi connectivity index (χ1) is 7.66. The van der Waals surface area contributed by atoms with Crippen molar-refractivity contribution in [1.82, 2.24) is 0 Å². The Morgan fingerprint density at radius 1 is 1.06 bits per heavy atom. The van der Waals surface area contributed by atoms with Crippen LogP contribution in [0.1, 0.15) is 32.6 Å². The first-order valence-corrected chi connectivity index (χ1v) is 6.52. The SMILES string of the molecule is CCCCCC[n+]1ccccc1.O=[SH](=O)[O-]. The van der Waals surface area contributed by atoms with Crippen molar-refractivity contribution in [2.75, 3.05) is 0 Å². The third-order valence-corrected chi connectivity index (χ3v) is 2.05.